The van der Waals surface area contributed by atoms with Crippen LogP contribution in [-0.4, -0.2) is 60.1 Å². The van der Waals surface area contributed by atoms with E-state index in [2.05, 4.69) is 40.4 Å². The second kappa shape index (κ2) is 12.0. The van der Waals surface area contributed by atoms with Gasteiger partial charge in [0.1, 0.15) is 11.8 Å². The van der Waals surface area contributed by atoms with Crippen LogP contribution in [0.2, 0.25) is 0 Å². The van der Waals surface area contributed by atoms with Gasteiger partial charge in [0.15, 0.2) is 5.11 Å². The maximum absolute atomic E-state index is 13.0. The number of rotatable bonds is 8. The highest BCUT2D eigenvalue weighted by atomic mass is 79.9. The van der Waals surface area contributed by atoms with Crippen LogP contribution >= 0.6 is 28.1 Å². The average Bonchev–Trinajstić information content (AvgIpc) is 2.70. The molecule has 2 N–H and O–H groups in total. The number of nitrogens with one attached hydrogen (secondary N) is 2. The summed E-state index contributed by atoms with van der Waals surface area (Å²) in [5.74, 6) is -0.371. The number of thiocarbonyl (C=S) groups is 1. The zero-order valence-corrected chi connectivity index (χ0v) is 20.3. The number of benzene rings is 1. The molecule has 8 nitrogen and oxygen atoms in total. The van der Waals surface area contributed by atoms with Crippen molar-refractivity contribution in [2.24, 2.45) is 5.92 Å². The van der Waals surface area contributed by atoms with Gasteiger partial charge in [-0.2, -0.15) is 0 Å². The van der Waals surface area contributed by atoms with Gasteiger partial charge in [-0.15, -0.1) is 0 Å². The van der Waals surface area contributed by atoms with Crippen molar-refractivity contribution in [3.63, 3.8) is 0 Å². The van der Waals surface area contributed by atoms with E-state index in [9.17, 15) is 14.4 Å². The summed E-state index contributed by atoms with van der Waals surface area (Å²) in [6, 6.07) is 4.33. The predicted octanol–water partition coefficient (Wildman–Crippen LogP) is 2.64. The minimum Gasteiger partial charge on any atom is -0.493 e. The van der Waals surface area contributed by atoms with Crippen LogP contribution in [0.3, 0.4) is 0 Å². The van der Waals surface area contributed by atoms with Crippen LogP contribution in [0.4, 0.5) is 0 Å². The van der Waals surface area contributed by atoms with Crippen LogP contribution in [0, 0.1) is 5.92 Å². The first-order chi connectivity index (χ1) is 14.7. The van der Waals surface area contributed by atoms with Crippen molar-refractivity contribution in [3.05, 3.63) is 28.2 Å². The summed E-state index contributed by atoms with van der Waals surface area (Å²) < 4.78 is 11.5. The van der Waals surface area contributed by atoms with Gasteiger partial charge in [-0.3, -0.25) is 19.7 Å². The van der Waals surface area contributed by atoms with Crippen molar-refractivity contribution in [1.82, 2.24) is 15.5 Å². The van der Waals surface area contributed by atoms with E-state index in [1.54, 1.807) is 30.0 Å². The number of hydrogen-bond donors (Lipinski definition) is 2. The van der Waals surface area contributed by atoms with E-state index in [4.69, 9.17) is 21.7 Å². The standard InChI is InChI=1S/C21H28BrN3O5S/c1-4-29-18(26)12-16-20(28)23-8-9-25(16)21(31)24-19(27)15-11-14(22)5-6-17(15)30-10-7-13(2)3/h5-6,11,13,16H,4,7-10,12H2,1-3H3,(H,23,28)(H,24,27,31). The molecule has 1 aromatic rings. The summed E-state index contributed by atoms with van der Waals surface area (Å²) in [5.41, 5.74) is 0.323. The Morgan fingerprint density at radius 2 is 2.13 bits per heavy atom. The third-order valence-electron chi connectivity index (χ3n) is 4.62. The fraction of sp³-hybridized carbons (Fsp3) is 0.524. The molecule has 2 amide bonds. The Morgan fingerprint density at radius 1 is 1.39 bits per heavy atom. The van der Waals surface area contributed by atoms with Gasteiger partial charge < -0.3 is 19.7 Å². The molecule has 2 rings (SSSR count). The molecule has 0 saturated carbocycles. The van der Waals surface area contributed by atoms with E-state index in [1.165, 1.54) is 0 Å². The fourth-order valence-electron chi connectivity index (χ4n) is 2.98. The van der Waals surface area contributed by atoms with Crippen molar-refractivity contribution in [1.29, 1.82) is 0 Å². The number of hydrogen-bond acceptors (Lipinski definition) is 6. The monoisotopic (exact) mass is 513 g/mol. The summed E-state index contributed by atoms with van der Waals surface area (Å²) in [6.45, 7) is 7.31. The summed E-state index contributed by atoms with van der Waals surface area (Å²) in [4.78, 5) is 38.7. The van der Waals surface area contributed by atoms with Gasteiger partial charge in [0.2, 0.25) is 5.91 Å². The predicted molar refractivity (Wildman–Crippen MR) is 124 cm³/mol. The van der Waals surface area contributed by atoms with Crippen molar-refractivity contribution >= 4 is 51.0 Å². The Labute approximate surface area is 196 Å². The zero-order valence-electron chi connectivity index (χ0n) is 17.9. The molecule has 1 aromatic carbocycles. The summed E-state index contributed by atoms with van der Waals surface area (Å²) in [5, 5.41) is 5.46. The van der Waals surface area contributed by atoms with Crippen LogP contribution < -0.4 is 15.4 Å². The third-order valence-corrected chi connectivity index (χ3v) is 5.45. The Kier molecular flexibility index (Phi) is 9.70. The lowest BCUT2D eigenvalue weighted by molar-refractivity contribution is -0.147. The lowest BCUT2D eigenvalue weighted by Crippen LogP contribution is -2.60. The van der Waals surface area contributed by atoms with Gasteiger partial charge in [0.05, 0.1) is 25.2 Å². The quantitative estimate of drug-likeness (QED) is 0.407. The van der Waals surface area contributed by atoms with E-state index in [0.29, 0.717) is 36.9 Å². The van der Waals surface area contributed by atoms with Gasteiger partial charge in [0.25, 0.3) is 5.91 Å². The second-order valence-corrected chi connectivity index (χ2v) is 8.74. The Balaban J connectivity index is 2.12. The molecule has 1 unspecified atom stereocenters. The molecule has 0 bridgehead atoms. The number of carbonyl (C=O) groups is 3. The lowest BCUT2D eigenvalue weighted by atomic mass is 10.1. The molecular formula is C21H28BrN3O5S. The Bertz CT molecular complexity index is 833. The van der Waals surface area contributed by atoms with Crippen molar-refractivity contribution in [2.45, 2.75) is 39.7 Å². The van der Waals surface area contributed by atoms with Gasteiger partial charge in [0, 0.05) is 17.6 Å². The highest BCUT2D eigenvalue weighted by Gasteiger charge is 2.34. The van der Waals surface area contributed by atoms with E-state index in [0.717, 1.165) is 10.9 Å². The third kappa shape index (κ3) is 7.46. The number of nitrogens with zero attached hydrogens (tertiary/aromatic N) is 1. The van der Waals surface area contributed by atoms with Crippen LogP contribution in [0.25, 0.3) is 0 Å². The van der Waals surface area contributed by atoms with Gasteiger partial charge in [-0.25, -0.2) is 0 Å². The van der Waals surface area contributed by atoms with Gasteiger partial charge in [-0.05, 0) is 49.7 Å². The smallest absolute Gasteiger partial charge is 0.308 e. The normalized spacial score (nSPS) is 16.0. The number of esters is 1. The minimum absolute atomic E-state index is 0.0715. The summed E-state index contributed by atoms with van der Waals surface area (Å²) >= 11 is 8.78. The maximum Gasteiger partial charge on any atom is 0.308 e. The molecule has 1 saturated heterocycles. The van der Waals surface area contributed by atoms with E-state index < -0.39 is 17.9 Å². The van der Waals surface area contributed by atoms with Crippen LogP contribution in [0.15, 0.2) is 22.7 Å². The molecule has 0 radical (unpaired) electrons. The van der Waals surface area contributed by atoms with E-state index >= 15 is 0 Å². The topological polar surface area (TPSA) is 97.0 Å². The Hall–Kier alpha value is -2.20. The lowest BCUT2D eigenvalue weighted by Gasteiger charge is -2.36. The van der Waals surface area contributed by atoms with E-state index in [-0.39, 0.29) is 24.0 Å². The first kappa shape index (κ1) is 25.1. The van der Waals surface area contributed by atoms with Gasteiger partial charge in [-0.1, -0.05) is 29.8 Å². The molecule has 31 heavy (non-hydrogen) atoms. The van der Waals surface area contributed by atoms with Crippen molar-refractivity contribution < 1.29 is 23.9 Å². The molecule has 10 heteroatoms. The highest BCUT2D eigenvalue weighted by molar-refractivity contribution is 9.10. The molecule has 170 valence electrons. The molecule has 1 atom stereocenters. The van der Waals surface area contributed by atoms with Crippen molar-refractivity contribution in [3.8, 4) is 5.75 Å². The molecule has 1 fully saturated rings. The SMILES string of the molecule is CCOC(=O)CC1C(=O)NCCN1C(=S)NC(=O)c1cc(Br)ccc1OCCC(C)C. The summed E-state index contributed by atoms with van der Waals surface area (Å²) in [7, 11) is 0. The number of carbonyl (C=O) groups excluding carboxylic acids is 3. The fourth-order valence-corrected chi connectivity index (χ4v) is 3.66. The minimum atomic E-state index is -0.843. The van der Waals surface area contributed by atoms with Crippen LogP contribution in [0.5, 0.6) is 5.75 Å². The number of halogens is 1. The second-order valence-electron chi connectivity index (χ2n) is 7.44. The molecule has 1 aliphatic rings. The molecule has 0 aliphatic carbocycles. The molecular weight excluding hydrogens is 486 g/mol. The molecule has 0 aromatic heterocycles. The number of ether oxygens (including phenoxy) is 2. The number of piperazine rings is 1. The largest absolute Gasteiger partial charge is 0.493 e. The maximum atomic E-state index is 13.0. The Morgan fingerprint density at radius 3 is 2.81 bits per heavy atom. The first-order valence-electron chi connectivity index (χ1n) is 10.2. The first-order valence-corrected chi connectivity index (χ1v) is 11.4. The average molecular weight is 514 g/mol. The van der Waals surface area contributed by atoms with Crippen LogP contribution in [-0.2, 0) is 14.3 Å². The summed E-state index contributed by atoms with van der Waals surface area (Å²) in [6.07, 6.45) is 0.699. The number of amides is 2. The van der Waals surface area contributed by atoms with Crippen molar-refractivity contribution in [2.75, 3.05) is 26.3 Å². The molecule has 1 aliphatic heterocycles. The molecule has 0 spiro atoms. The zero-order chi connectivity index (χ0) is 23.0. The molecule has 1 heterocycles. The highest BCUT2D eigenvalue weighted by Crippen LogP contribution is 2.24. The van der Waals surface area contributed by atoms with Gasteiger partial charge >= 0.3 is 5.97 Å². The van der Waals surface area contributed by atoms with E-state index in [1.807, 2.05) is 0 Å². The van der Waals surface area contributed by atoms with Crippen LogP contribution in [0.1, 0.15) is 44.0 Å².